The molecule has 6 N–H and O–H groups in total. The number of aliphatic hydroxyl groups is 4. The van der Waals surface area contributed by atoms with Gasteiger partial charge in [-0.25, -0.2) is 4.79 Å². The highest BCUT2D eigenvalue weighted by Crippen LogP contribution is 2.50. The molecule has 1 heterocycles. The summed E-state index contributed by atoms with van der Waals surface area (Å²) in [5, 5.41) is 42.9. The first-order chi connectivity index (χ1) is 10.3. The van der Waals surface area contributed by atoms with Gasteiger partial charge in [-0.1, -0.05) is 13.5 Å². The van der Waals surface area contributed by atoms with Crippen molar-refractivity contribution in [3.63, 3.8) is 0 Å². The van der Waals surface area contributed by atoms with E-state index in [9.17, 15) is 30.0 Å². The fourth-order valence-corrected chi connectivity index (χ4v) is 3.02. The molecule has 1 saturated heterocycles. The molecule has 0 radical (unpaired) electrons. The van der Waals surface area contributed by atoms with Crippen LogP contribution in [0.4, 0.5) is 4.79 Å². The smallest absolute Gasteiger partial charge is 0.404 e. The summed E-state index contributed by atoms with van der Waals surface area (Å²) < 4.78 is 9.74. The Hall–Kier alpha value is -1.52. The van der Waals surface area contributed by atoms with E-state index in [0.717, 1.165) is 13.8 Å². The van der Waals surface area contributed by atoms with Gasteiger partial charge in [-0.15, -0.1) is 0 Å². The van der Waals surface area contributed by atoms with Crippen molar-refractivity contribution in [1.82, 2.24) is 0 Å². The van der Waals surface area contributed by atoms with Crippen LogP contribution in [0.3, 0.4) is 0 Å². The molecule has 9 heteroatoms. The van der Waals surface area contributed by atoms with E-state index in [2.05, 4.69) is 11.3 Å². The van der Waals surface area contributed by atoms with Gasteiger partial charge < -0.3 is 35.6 Å². The number of amides is 1. The average molecular weight is 333 g/mol. The third-order valence-electron chi connectivity index (χ3n) is 4.53. The lowest BCUT2D eigenvalue weighted by Crippen LogP contribution is -2.85. The van der Waals surface area contributed by atoms with Gasteiger partial charge in [0, 0.05) is 0 Å². The van der Waals surface area contributed by atoms with Crippen LogP contribution in [0.2, 0.25) is 0 Å². The van der Waals surface area contributed by atoms with Gasteiger partial charge in [-0.3, -0.25) is 4.79 Å². The van der Waals surface area contributed by atoms with Crippen molar-refractivity contribution in [1.29, 1.82) is 0 Å². The highest BCUT2D eigenvalue weighted by Gasteiger charge is 2.76. The zero-order valence-electron chi connectivity index (χ0n) is 13.3. The van der Waals surface area contributed by atoms with Crippen LogP contribution in [0.1, 0.15) is 27.2 Å². The van der Waals surface area contributed by atoms with Crippen LogP contribution in [0.25, 0.3) is 0 Å². The van der Waals surface area contributed by atoms with Crippen molar-refractivity contribution in [3.05, 3.63) is 12.7 Å². The van der Waals surface area contributed by atoms with Crippen LogP contribution < -0.4 is 5.73 Å². The lowest BCUT2D eigenvalue weighted by Gasteiger charge is -2.60. The van der Waals surface area contributed by atoms with Gasteiger partial charge in [0.15, 0.2) is 22.8 Å². The molecule has 1 aliphatic rings. The number of ketones is 1. The van der Waals surface area contributed by atoms with E-state index in [1.54, 1.807) is 0 Å². The predicted molar refractivity (Wildman–Crippen MR) is 77.1 cm³/mol. The molecule has 23 heavy (non-hydrogen) atoms. The van der Waals surface area contributed by atoms with Gasteiger partial charge in [-0.2, -0.15) is 0 Å². The first-order valence-electron chi connectivity index (χ1n) is 6.98. The van der Waals surface area contributed by atoms with Crippen LogP contribution in [-0.4, -0.2) is 67.6 Å². The minimum Gasteiger partial charge on any atom is -0.447 e. The number of ether oxygens (including phenoxy) is 2. The van der Waals surface area contributed by atoms with Crippen molar-refractivity contribution in [2.24, 2.45) is 5.73 Å². The van der Waals surface area contributed by atoms with Crippen molar-refractivity contribution < 1.29 is 39.5 Å². The molecular weight excluding hydrogens is 310 g/mol. The van der Waals surface area contributed by atoms with Gasteiger partial charge >= 0.3 is 6.09 Å². The molecule has 0 aromatic heterocycles. The van der Waals surface area contributed by atoms with E-state index in [-0.39, 0.29) is 6.42 Å². The summed E-state index contributed by atoms with van der Waals surface area (Å²) in [6, 6.07) is 0. The van der Waals surface area contributed by atoms with Gasteiger partial charge in [0.1, 0.15) is 18.3 Å². The summed E-state index contributed by atoms with van der Waals surface area (Å²) in [6.07, 6.45) is -2.36. The summed E-state index contributed by atoms with van der Waals surface area (Å²) in [7, 11) is 0. The number of hydrogen-bond donors (Lipinski definition) is 5. The maximum absolute atomic E-state index is 12.3. The number of nitrogens with two attached hydrogens (primary N) is 1. The molecule has 1 fully saturated rings. The molecule has 9 nitrogen and oxygen atoms in total. The molecule has 132 valence electrons. The Morgan fingerprint density at radius 2 is 1.83 bits per heavy atom. The second-order valence-electron chi connectivity index (χ2n) is 5.86. The number of carbonyl (C=O) groups excluding carboxylic acids is 2. The molecule has 0 bridgehead atoms. The molecule has 0 aromatic rings. The average Bonchev–Trinajstić information content (AvgIpc) is 2.46. The first-order valence-corrected chi connectivity index (χ1v) is 6.98. The lowest BCUT2D eigenvalue weighted by atomic mass is 9.60. The van der Waals surface area contributed by atoms with Crippen molar-refractivity contribution in [2.45, 2.75) is 55.9 Å². The highest BCUT2D eigenvalue weighted by atomic mass is 16.7. The highest BCUT2D eigenvalue weighted by molar-refractivity contribution is 5.99. The van der Waals surface area contributed by atoms with E-state index in [1.165, 1.54) is 6.92 Å². The van der Waals surface area contributed by atoms with E-state index in [0.29, 0.717) is 6.08 Å². The topological polar surface area (TPSA) is 160 Å². The molecule has 0 aliphatic carbocycles. The molecule has 0 unspecified atom stereocenters. The minimum absolute atomic E-state index is 0.338. The molecule has 0 aromatic carbocycles. The molecule has 1 aliphatic heterocycles. The third-order valence-corrected chi connectivity index (χ3v) is 4.53. The normalized spacial score (nSPS) is 43.7. The lowest BCUT2D eigenvalue weighted by molar-refractivity contribution is -0.420. The second-order valence-corrected chi connectivity index (χ2v) is 5.86. The Morgan fingerprint density at radius 1 is 1.30 bits per heavy atom. The molecule has 1 rings (SSSR count). The van der Waals surface area contributed by atoms with Crippen molar-refractivity contribution in [2.75, 3.05) is 6.61 Å². The van der Waals surface area contributed by atoms with E-state index < -0.39 is 47.2 Å². The fourth-order valence-electron chi connectivity index (χ4n) is 3.02. The Morgan fingerprint density at radius 3 is 2.22 bits per heavy atom. The molecule has 0 saturated carbocycles. The SMILES string of the molecule is C=CC(=O)[C@@]1(O)[C@](O)(CC)[C@](C)(O)O[C@H](COC(N)=O)[C@@]1(C)O. The van der Waals surface area contributed by atoms with Gasteiger partial charge in [0.05, 0.1) is 0 Å². The quantitative estimate of drug-likeness (QED) is 0.383. The Kier molecular flexibility index (Phi) is 4.96. The molecule has 0 spiro atoms. The van der Waals surface area contributed by atoms with Crippen molar-refractivity contribution >= 4 is 11.9 Å². The van der Waals surface area contributed by atoms with Crippen LogP contribution in [0.15, 0.2) is 12.7 Å². The number of primary amides is 1. The summed E-state index contributed by atoms with van der Waals surface area (Å²) in [6.45, 7) is 5.99. The Bertz CT molecular complexity index is 517. The summed E-state index contributed by atoms with van der Waals surface area (Å²) in [5.74, 6) is -3.57. The first kappa shape index (κ1) is 19.5. The Balaban J connectivity index is 3.52. The molecule has 1 amide bonds. The van der Waals surface area contributed by atoms with E-state index in [1.807, 2.05) is 0 Å². The molecule has 5 atom stereocenters. The van der Waals surface area contributed by atoms with Gasteiger partial charge in [0.2, 0.25) is 0 Å². The number of rotatable bonds is 5. The van der Waals surface area contributed by atoms with Crippen LogP contribution >= 0.6 is 0 Å². The standard InChI is InChI=1S/C14H23NO8/c1-5-8(16)14(21)11(3,18)9(7-22-10(15)17)23-12(4,19)13(14,20)6-2/h5,9,18-21H,1,6-7H2,2-4H3,(H2,15,17)/t9-,11-,12-,13+,14+/m1/s1. The third kappa shape index (κ3) is 2.54. The summed E-state index contributed by atoms with van der Waals surface area (Å²) in [4.78, 5) is 23.0. The summed E-state index contributed by atoms with van der Waals surface area (Å²) >= 11 is 0. The van der Waals surface area contributed by atoms with Crippen LogP contribution in [0, 0.1) is 0 Å². The monoisotopic (exact) mass is 333 g/mol. The Labute approximate surface area is 133 Å². The van der Waals surface area contributed by atoms with Crippen LogP contribution in [-0.2, 0) is 14.3 Å². The largest absolute Gasteiger partial charge is 0.447 e. The van der Waals surface area contributed by atoms with Crippen molar-refractivity contribution in [3.8, 4) is 0 Å². The van der Waals surface area contributed by atoms with E-state index >= 15 is 0 Å². The van der Waals surface area contributed by atoms with Crippen LogP contribution in [0.5, 0.6) is 0 Å². The zero-order valence-corrected chi connectivity index (χ0v) is 13.3. The fraction of sp³-hybridized carbons (Fsp3) is 0.714. The van der Waals surface area contributed by atoms with Gasteiger partial charge in [0.25, 0.3) is 0 Å². The number of carbonyl (C=O) groups is 2. The zero-order chi connectivity index (χ0) is 18.3. The van der Waals surface area contributed by atoms with E-state index in [4.69, 9.17) is 10.5 Å². The molecular formula is C14H23NO8. The summed E-state index contributed by atoms with van der Waals surface area (Å²) in [5.41, 5.74) is -3.02. The maximum Gasteiger partial charge on any atom is 0.404 e. The number of hydrogen-bond acceptors (Lipinski definition) is 8. The minimum atomic E-state index is -2.87. The van der Waals surface area contributed by atoms with Gasteiger partial charge in [-0.05, 0) is 26.3 Å². The maximum atomic E-state index is 12.3. The second kappa shape index (κ2) is 5.84. The predicted octanol–water partition coefficient (Wildman–Crippen LogP) is -1.43.